The fourth-order valence-corrected chi connectivity index (χ4v) is 3.71. The van der Waals surface area contributed by atoms with Crippen LogP contribution in [0.1, 0.15) is 44.7 Å². The lowest BCUT2D eigenvalue weighted by atomic mass is 10.1. The molecule has 1 heterocycles. The summed E-state index contributed by atoms with van der Waals surface area (Å²) in [5, 5.41) is 0.111. The minimum Gasteiger partial charge on any atom is -0.410 e. The van der Waals surface area contributed by atoms with Gasteiger partial charge in [0.2, 0.25) is 0 Å². The van der Waals surface area contributed by atoms with Crippen LogP contribution in [-0.4, -0.2) is 24.2 Å². The van der Waals surface area contributed by atoms with E-state index < -0.39 is 8.32 Å². The van der Waals surface area contributed by atoms with E-state index in [9.17, 15) is 4.79 Å². The summed E-state index contributed by atoms with van der Waals surface area (Å²) in [5.74, 6) is 0.981. The van der Waals surface area contributed by atoms with Crippen molar-refractivity contribution in [2.75, 3.05) is 0 Å². The summed E-state index contributed by atoms with van der Waals surface area (Å²) < 4.78 is 8.56. The van der Waals surface area contributed by atoms with E-state index in [1.165, 1.54) is 0 Å². The molecule has 0 aliphatic heterocycles. The molecular weight excluding hydrogens is 304 g/mol. The molecule has 1 atom stereocenters. The molecule has 0 saturated carbocycles. The highest BCUT2D eigenvalue weighted by Gasteiger charge is 2.39. The summed E-state index contributed by atoms with van der Waals surface area (Å²) in [4.78, 5) is 15.8. The average Bonchev–Trinajstić information content (AvgIpc) is 2.71. The fourth-order valence-electron chi connectivity index (χ4n) is 2.41. The van der Waals surface area contributed by atoms with Crippen LogP contribution in [0.3, 0.4) is 0 Å². The molecule has 0 fully saturated rings. The van der Waals surface area contributed by atoms with Crippen molar-refractivity contribution in [3.63, 3.8) is 0 Å². The second-order valence-corrected chi connectivity index (χ2v) is 12.5. The van der Waals surface area contributed by atoms with E-state index in [0.29, 0.717) is 6.42 Å². The number of rotatable bonds is 5. The van der Waals surface area contributed by atoms with Crippen LogP contribution < -0.4 is 0 Å². The Kier molecular flexibility index (Phi) is 4.83. The summed E-state index contributed by atoms with van der Waals surface area (Å²) in [6.45, 7) is 13.1. The smallest absolute Gasteiger partial charge is 0.192 e. The lowest BCUT2D eigenvalue weighted by Gasteiger charge is -2.39. The second-order valence-electron chi connectivity index (χ2n) is 7.74. The predicted molar refractivity (Wildman–Crippen MR) is 97.2 cm³/mol. The van der Waals surface area contributed by atoms with E-state index in [1.807, 2.05) is 14.0 Å². The number of benzene rings is 1. The van der Waals surface area contributed by atoms with Crippen molar-refractivity contribution in [2.45, 2.75) is 58.4 Å². The van der Waals surface area contributed by atoms with E-state index in [1.54, 1.807) is 0 Å². The monoisotopic (exact) mass is 332 g/mol. The molecular formula is C18H28N2O2Si. The van der Waals surface area contributed by atoms with Crippen LogP contribution in [0.2, 0.25) is 18.1 Å². The van der Waals surface area contributed by atoms with E-state index >= 15 is 0 Å². The van der Waals surface area contributed by atoms with E-state index in [2.05, 4.69) is 61.6 Å². The highest BCUT2D eigenvalue weighted by Crippen LogP contribution is 2.40. The normalized spacial score (nSPS) is 14.2. The van der Waals surface area contributed by atoms with Crippen molar-refractivity contribution in [3.8, 4) is 0 Å². The van der Waals surface area contributed by atoms with Crippen LogP contribution in [-0.2, 0) is 16.3 Å². The minimum absolute atomic E-state index is 0.111. The van der Waals surface area contributed by atoms with Gasteiger partial charge in [-0.05, 0) is 42.8 Å². The molecule has 1 aromatic heterocycles. The Bertz CT molecular complexity index is 714. The molecule has 0 aliphatic carbocycles. The van der Waals surface area contributed by atoms with Crippen LogP contribution in [0.15, 0.2) is 18.2 Å². The Labute approximate surface area is 140 Å². The largest absolute Gasteiger partial charge is 0.410 e. The van der Waals surface area contributed by atoms with Gasteiger partial charge in [-0.15, -0.1) is 0 Å². The number of aldehydes is 1. The maximum Gasteiger partial charge on any atom is 0.192 e. The predicted octanol–water partition coefficient (Wildman–Crippen LogP) is 4.53. The van der Waals surface area contributed by atoms with Crippen LogP contribution >= 0.6 is 0 Å². The molecule has 126 valence electrons. The van der Waals surface area contributed by atoms with Gasteiger partial charge in [0.15, 0.2) is 8.32 Å². The number of carbonyl (C=O) groups is 1. The summed E-state index contributed by atoms with van der Waals surface area (Å²) in [7, 11) is 0.0676. The maximum absolute atomic E-state index is 11.2. The molecule has 0 spiro atoms. The average molecular weight is 333 g/mol. The van der Waals surface area contributed by atoms with Crippen LogP contribution in [0.25, 0.3) is 11.0 Å². The first-order valence-corrected chi connectivity index (χ1v) is 11.0. The van der Waals surface area contributed by atoms with Gasteiger partial charge in [0.1, 0.15) is 12.1 Å². The molecule has 23 heavy (non-hydrogen) atoms. The van der Waals surface area contributed by atoms with E-state index in [0.717, 1.165) is 28.7 Å². The molecule has 1 aromatic carbocycles. The van der Waals surface area contributed by atoms with Gasteiger partial charge in [-0.25, -0.2) is 4.98 Å². The molecule has 0 saturated heterocycles. The fraction of sp³-hybridized carbons (Fsp3) is 0.556. The second kappa shape index (κ2) is 6.21. The number of carbonyl (C=O) groups excluding carboxylic acids is 1. The Morgan fingerprint density at radius 2 is 2.00 bits per heavy atom. The van der Waals surface area contributed by atoms with Gasteiger partial charge in [0, 0.05) is 13.5 Å². The Morgan fingerprint density at radius 1 is 1.35 bits per heavy atom. The Hall–Kier alpha value is -1.46. The third kappa shape index (κ3) is 3.56. The van der Waals surface area contributed by atoms with Crippen LogP contribution in [0, 0.1) is 6.92 Å². The number of aromatic nitrogens is 2. The first-order valence-electron chi connectivity index (χ1n) is 8.11. The van der Waals surface area contributed by atoms with Gasteiger partial charge in [0.05, 0.1) is 17.1 Å². The van der Waals surface area contributed by atoms with E-state index in [4.69, 9.17) is 4.43 Å². The molecule has 0 aliphatic rings. The van der Waals surface area contributed by atoms with Gasteiger partial charge in [-0.2, -0.15) is 0 Å². The van der Waals surface area contributed by atoms with Gasteiger partial charge in [-0.1, -0.05) is 26.8 Å². The zero-order chi connectivity index (χ0) is 17.4. The first-order chi connectivity index (χ1) is 10.6. The Balaban J connectivity index is 2.39. The zero-order valence-electron chi connectivity index (χ0n) is 15.3. The third-order valence-electron chi connectivity index (χ3n) is 5.05. The number of imidazole rings is 1. The van der Waals surface area contributed by atoms with Crippen molar-refractivity contribution in [3.05, 3.63) is 29.6 Å². The van der Waals surface area contributed by atoms with Crippen molar-refractivity contribution < 1.29 is 9.22 Å². The van der Waals surface area contributed by atoms with Gasteiger partial charge >= 0.3 is 0 Å². The quantitative estimate of drug-likeness (QED) is 0.596. The minimum atomic E-state index is -1.95. The van der Waals surface area contributed by atoms with Gasteiger partial charge in [0.25, 0.3) is 0 Å². The summed E-state index contributed by atoms with van der Waals surface area (Å²) in [6, 6.07) is 6.19. The molecule has 4 nitrogen and oxygen atoms in total. The maximum atomic E-state index is 11.2. The first kappa shape index (κ1) is 17.9. The third-order valence-corrected chi connectivity index (χ3v) is 9.54. The van der Waals surface area contributed by atoms with Gasteiger partial charge in [-0.3, -0.25) is 0 Å². The topological polar surface area (TPSA) is 44.1 Å². The Morgan fingerprint density at radius 3 is 2.57 bits per heavy atom. The molecule has 0 amide bonds. The molecule has 0 radical (unpaired) electrons. The highest BCUT2D eigenvalue weighted by atomic mass is 28.4. The van der Waals surface area contributed by atoms with Crippen LogP contribution in [0.4, 0.5) is 0 Å². The SMILES string of the molecule is Cc1nc2cc([C@H](CC=O)O[Si](C)(C)C(C)(C)C)ccc2n1C. The van der Waals surface area contributed by atoms with Crippen molar-refractivity contribution in [1.29, 1.82) is 0 Å². The highest BCUT2D eigenvalue weighted by molar-refractivity contribution is 6.74. The van der Waals surface area contributed by atoms with Crippen molar-refractivity contribution in [2.24, 2.45) is 7.05 Å². The molecule has 2 aromatic rings. The number of fused-ring (bicyclic) bond motifs is 1. The number of hydrogen-bond donors (Lipinski definition) is 0. The molecule has 2 rings (SSSR count). The van der Waals surface area contributed by atoms with Crippen LogP contribution in [0.5, 0.6) is 0 Å². The molecule has 0 N–H and O–H groups in total. The zero-order valence-corrected chi connectivity index (χ0v) is 16.3. The molecule has 5 heteroatoms. The van der Waals surface area contributed by atoms with E-state index in [-0.39, 0.29) is 11.1 Å². The molecule has 0 unspecified atom stereocenters. The summed E-state index contributed by atoms with van der Waals surface area (Å²) in [6.07, 6.45) is 1.13. The lowest BCUT2D eigenvalue weighted by Crippen LogP contribution is -2.41. The lowest BCUT2D eigenvalue weighted by molar-refractivity contribution is -0.109. The summed E-state index contributed by atoms with van der Waals surface area (Å²) >= 11 is 0. The molecule has 0 bridgehead atoms. The van der Waals surface area contributed by atoms with Crippen molar-refractivity contribution >= 4 is 25.6 Å². The van der Waals surface area contributed by atoms with Crippen molar-refractivity contribution in [1.82, 2.24) is 9.55 Å². The number of nitrogens with zero attached hydrogens (tertiary/aromatic N) is 2. The summed E-state index contributed by atoms with van der Waals surface area (Å²) in [5.41, 5.74) is 3.09. The number of aryl methyl sites for hydroxylation is 2. The number of hydrogen-bond acceptors (Lipinski definition) is 3. The standard InChI is InChI=1S/C18H28N2O2Si/c1-13-19-15-12-14(8-9-16(15)20(13)5)17(10-11-21)22-23(6,7)18(2,3)4/h8-9,11-12,17H,10H2,1-7H3/t17-/m0/s1. The van der Waals surface area contributed by atoms with Gasteiger partial charge < -0.3 is 13.8 Å².